The van der Waals surface area contributed by atoms with Crippen LogP contribution in [0.2, 0.25) is 0 Å². The van der Waals surface area contributed by atoms with E-state index in [1.54, 1.807) is 7.11 Å². The second-order valence-electron chi connectivity index (χ2n) is 5.06. The highest BCUT2D eigenvalue weighted by Gasteiger charge is 2.08. The zero-order valence-corrected chi connectivity index (χ0v) is 15.0. The van der Waals surface area contributed by atoms with E-state index in [9.17, 15) is 4.79 Å². The maximum atomic E-state index is 12.1. The Morgan fingerprint density at radius 2 is 1.91 bits per heavy atom. The van der Waals surface area contributed by atoms with Crippen molar-refractivity contribution in [3.05, 3.63) is 51.1 Å². The lowest BCUT2D eigenvalue weighted by molar-refractivity contribution is -0.114. The molecule has 0 fully saturated rings. The summed E-state index contributed by atoms with van der Waals surface area (Å²) in [7, 11) is 1.59. The third kappa shape index (κ3) is 4.37. The summed E-state index contributed by atoms with van der Waals surface area (Å²) in [6.07, 6.45) is 0. The molecule has 0 aliphatic rings. The average Bonchev–Trinajstić information content (AvgIpc) is 2.46. The molecule has 0 saturated heterocycles. The van der Waals surface area contributed by atoms with Crippen molar-refractivity contribution in [3.8, 4) is 5.75 Å². The number of hydrogen-bond donors (Lipinski definition) is 2. The van der Waals surface area contributed by atoms with Crippen molar-refractivity contribution in [3.63, 3.8) is 0 Å². The number of benzene rings is 2. The highest BCUT2D eigenvalue weighted by molar-refractivity contribution is 14.1. The van der Waals surface area contributed by atoms with Gasteiger partial charge in [0.05, 0.1) is 19.3 Å². The minimum Gasteiger partial charge on any atom is -0.495 e. The predicted molar refractivity (Wildman–Crippen MR) is 98.7 cm³/mol. The van der Waals surface area contributed by atoms with Gasteiger partial charge in [0.2, 0.25) is 5.91 Å². The van der Waals surface area contributed by atoms with Gasteiger partial charge < -0.3 is 15.4 Å². The number of aryl methyl sites for hydroxylation is 2. The molecule has 2 aromatic carbocycles. The third-order valence-electron chi connectivity index (χ3n) is 3.26. The van der Waals surface area contributed by atoms with Gasteiger partial charge in [0.25, 0.3) is 0 Å². The van der Waals surface area contributed by atoms with Crippen molar-refractivity contribution in [2.75, 3.05) is 24.3 Å². The van der Waals surface area contributed by atoms with Crippen molar-refractivity contribution < 1.29 is 9.53 Å². The fourth-order valence-corrected chi connectivity index (χ4v) is 2.76. The van der Waals surface area contributed by atoms with Gasteiger partial charge in [-0.1, -0.05) is 6.07 Å². The lowest BCUT2D eigenvalue weighted by Gasteiger charge is -2.13. The molecule has 2 N–H and O–H groups in total. The van der Waals surface area contributed by atoms with E-state index in [1.165, 1.54) is 3.57 Å². The predicted octanol–water partition coefficient (Wildman–Crippen LogP) is 3.97. The molecule has 1 amide bonds. The molecule has 0 radical (unpaired) electrons. The fraction of sp³-hybridized carbons (Fsp3) is 0.235. The Labute approximate surface area is 144 Å². The van der Waals surface area contributed by atoms with Gasteiger partial charge in [-0.2, -0.15) is 0 Å². The first-order valence-electron chi connectivity index (χ1n) is 6.94. The van der Waals surface area contributed by atoms with Crippen LogP contribution in [0.25, 0.3) is 0 Å². The monoisotopic (exact) mass is 410 g/mol. The van der Waals surface area contributed by atoms with E-state index in [1.807, 2.05) is 44.2 Å². The van der Waals surface area contributed by atoms with Crippen LogP contribution in [0.3, 0.4) is 0 Å². The molecular formula is C17H19IN2O2. The smallest absolute Gasteiger partial charge is 0.243 e. The Morgan fingerprint density at radius 3 is 2.59 bits per heavy atom. The zero-order chi connectivity index (χ0) is 16.1. The maximum absolute atomic E-state index is 12.1. The molecule has 2 rings (SSSR count). The molecule has 0 saturated carbocycles. The Balaban J connectivity index is 2.00. The van der Waals surface area contributed by atoms with Crippen LogP contribution in [0.5, 0.6) is 5.75 Å². The van der Waals surface area contributed by atoms with Gasteiger partial charge in [0, 0.05) is 9.26 Å². The van der Waals surface area contributed by atoms with E-state index in [-0.39, 0.29) is 12.5 Å². The van der Waals surface area contributed by atoms with Crippen LogP contribution in [0.15, 0.2) is 36.4 Å². The number of ether oxygens (including phenoxy) is 1. The number of carbonyl (C=O) groups excluding carboxylic acids is 1. The summed E-state index contributed by atoms with van der Waals surface area (Å²) in [4.78, 5) is 12.1. The standard InChI is InChI=1S/C17H19IN2O2/c1-11-4-7-16(22-3)15(8-11)20-17(21)10-19-14-6-5-13(18)9-12(14)2/h4-9,19H,10H2,1-3H3,(H,20,21). The van der Waals surface area contributed by atoms with Crippen LogP contribution < -0.4 is 15.4 Å². The highest BCUT2D eigenvalue weighted by atomic mass is 127. The molecular weight excluding hydrogens is 391 g/mol. The van der Waals surface area contributed by atoms with Crippen molar-refractivity contribution in [2.24, 2.45) is 0 Å². The number of methoxy groups -OCH3 is 1. The first-order chi connectivity index (χ1) is 10.5. The lowest BCUT2D eigenvalue weighted by Crippen LogP contribution is -2.22. The summed E-state index contributed by atoms with van der Waals surface area (Å²) in [5, 5.41) is 6.03. The van der Waals surface area contributed by atoms with E-state index >= 15 is 0 Å². The van der Waals surface area contributed by atoms with Gasteiger partial charge >= 0.3 is 0 Å². The molecule has 2 aromatic rings. The Hall–Kier alpha value is -1.76. The largest absolute Gasteiger partial charge is 0.495 e. The van der Waals surface area contributed by atoms with E-state index < -0.39 is 0 Å². The van der Waals surface area contributed by atoms with Crippen LogP contribution in [-0.4, -0.2) is 19.6 Å². The highest BCUT2D eigenvalue weighted by Crippen LogP contribution is 2.25. The van der Waals surface area contributed by atoms with Crippen molar-refractivity contribution in [2.45, 2.75) is 13.8 Å². The molecule has 22 heavy (non-hydrogen) atoms. The van der Waals surface area contributed by atoms with E-state index in [4.69, 9.17) is 4.74 Å². The minimum absolute atomic E-state index is 0.109. The second-order valence-corrected chi connectivity index (χ2v) is 6.31. The zero-order valence-electron chi connectivity index (χ0n) is 12.9. The average molecular weight is 410 g/mol. The van der Waals surface area contributed by atoms with Gasteiger partial charge in [0.1, 0.15) is 5.75 Å². The topological polar surface area (TPSA) is 50.4 Å². The molecule has 0 spiro atoms. The van der Waals surface area contributed by atoms with Crippen LogP contribution in [0, 0.1) is 17.4 Å². The normalized spacial score (nSPS) is 10.2. The Kier molecular flexibility index (Phi) is 5.65. The summed E-state index contributed by atoms with van der Waals surface area (Å²) in [5.74, 6) is 0.547. The molecule has 0 atom stereocenters. The van der Waals surface area contributed by atoms with Crippen LogP contribution in [0.1, 0.15) is 11.1 Å². The number of amides is 1. The second kappa shape index (κ2) is 7.49. The molecule has 4 nitrogen and oxygen atoms in total. The molecule has 5 heteroatoms. The number of nitrogens with one attached hydrogen (secondary N) is 2. The maximum Gasteiger partial charge on any atom is 0.243 e. The van der Waals surface area contributed by atoms with Gasteiger partial charge in [0.15, 0.2) is 0 Å². The van der Waals surface area contributed by atoms with Crippen LogP contribution >= 0.6 is 22.6 Å². The summed E-state index contributed by atoms with van der Waals surface area (Å²) in [5.41, 5.74) is 3.84. The molecule has 116 valence electrons. The quantitative estimate of drug-likeness (QED) is 0.734. The Morgan fingerprint density at radius 1 is 1.14 bits per heavy atom. The molecule has 0 bridgehead atoms. The molecule has 0 aliphatic heterocycles. The number of rotatable bonds is 5. The molecule has 0 heterocycles. The van der Waals surface area contributed by atoms with E-state index in [0.717, 1.165) is 16.8 Å². The van der Waals surface area contributed by atoms with Crippen molar-refractivity contribution in [1.82, 2.24) is 0 Å². The van der Waals surface area contributed by atoms with Gasteiger partial charge in [-0.25, -0.2) is 0 Å². The first-order valence-corrected chi connectivity index (χ1v) is 8.02. The number of anilines is 2. The number of hydrogen-bond acceptors (Lipinski definition) is 3. The van der Waals surface area contributed by atoms with Gasteiger partial charge in [-0.15, -0.1) is 0 Å². The minimum atomic E-state index is -0.109. The van der Waals surface area contributed by atoms with Gasteiger partial charge in [-0.05, 0) is 77.9 Å². The van der Waals surface area contributed by atoms with Crippen molar-refractivity contribution in [1.29, 1.82) is 0 Å². The van der Waals surface area contributed by atoms with Gasteiger partial charge in [-0.3, -0.25) is 4.79 Å². The number of carbonyl (C=O) groups is 1. The van der Waals surface area contributed by atoms with E-state index in [2.05, 4.69) is 39.3 Å². The summed E-state index contributed by atoms with van der Waals surface area (Å²) >= 11 is 2.27. The molecule has 0 unspecified atom stereocenters. The van der Waals surface area contributed by atoms with Crippen LogP contribution in [0.4, 0.5) is 11.4 Å². The van der Waals surface area contributed by atoms with E-state index in [0.29, 0.717) is 11.4 Å². The summed E-state index contributed by atoms with van der Waals surface area (Å²) in [6.45, 7) is 4.20. The van der Waals surface area contributed by atoms with Crippen LogP contribution in [-0.2, 0) is 4.79 Å². The summed E-state index contributed by atoms with van der Waals surface area (Å²) in [6, 6.07) is 11.8. The number of halogens is 1. The summed E-state index contributed by atoms with van der Waals surface area (Å²) < 4.78 is 6.44. The molecule has 0 aromatic heterocycles. The first kappa shape index (κ1) is 16.6. The Bertz CT molecular complexity index is 686. The van der Waals surface area contributed by atoms with Crippen molar-refractivity contribution >= 4 is 39.9 Å². The lowest BCUT2D eigenvalue weighted by atomic mass is 10.2. The SMILES string of the molecule is COc1ccc(C)cc1NC(=O)CNc1ccc(I)cc1C. The fourth-order valence-electron chi connectivity index (χ4n) is 2.11. The third-order valence-corrected chi connectivity index (χ3v) is 3.93. The molecule has 0 aliphatic carbocycles.